The molecule has 4 N–H and O–H groups in total. The number of rotatable bonds is 11. The SMILES string of the molecule is CCCCCCCCC/C=C/[C@H](O)[C@H](N)CO. The zero-order chi connectivity index (χ0) is 12.9. The standard InChI is InChI=1S/C14H29NO2/c1-2-3-4-5-6-7-8-9-10-11-14(17)13(15)12-16/h10-11,13-14,16-17H,2-9,12,15H2,1H3/b11-10+/t13-,14+/m1/s1. The molecule has 17 heavy (non-hydrogen) atoms. The lowest BCUT2D eigenvalue weighted by molar-refractivity contribution is 0.144. The largest absolute Gasteiger partial charge is 0.395 e. The van der Waals surface area contributed by atoms with Crippen molar-refractivity contribution in [3.63, 3.8) is 0 Å². The van der Waals surface area contributed by atoms with Gasteiger partial charge in [-0.15, -0.1) is 0 Å². The second-order valence-corrected chi connectivity index (χ2v) is 4.68. The third-order valence-corrected chi connectivity index (χ3v) is 2.96. The fourth-order valence-corrected chi connectivity index (χ4v) is 1.71. The van der Waals surface area contributed by atoms with E-state index in [1.54, 1.807) is 6.08 Å². The van der Waals surface area contributed by atoms with Crippen LogP contribution in [0.3, 0.4) is 0 Å². The van der Waals surface area contributed by atoms with E-state index in [-0.39, 0.29) is 6.61 Å². The molecule has 0 saturated heterocycles. The first-order chi connectivity index (χ1) is 8.22. The fraction of sp³-hybridized carbons (Fsp3) is 0.857. The Kier molecular flexibility index (Phi) is 11.8. The lowest BCUT2D eigenvalue weighted by Gasteiger charge is -2.11. The van der Waals surface area contributed by atoms with Gasteiger partial charge >= 0.3 is 0 Å². The summed E-state index contributed by atoms with van der Waals surface area (Å²) in [5, 5.41) is 18.2. The molecule has 0 spiro atoms. The van der Waals surface area contributed by atoms with Crippen LogP contribution >= 0.6 is 0 Å². The molecule has 3 nitrogen and oxygen atoms in total. The van der Waals surface area contributed by atoms with Gasteiger partial charge in [0.2, 0.25) is 0 Å². The fourth-order valence-electron chi connectivity index (χ4n) is 1.71. The molecular formula is C14H29NO2. The zero-order valence-corrected chi connectivity index (χ0v) is 11.1. The summed E-state index contributed by atoms with van der Waals surface area (Å²) in [5.41, 5.74) is 5.47. The minimum Gasteiger partial charge on any atom is -0.395 e. The Morgan fingerprint density at radius 2 is 1.65 bits per heavy atom. The van der Waals surface area contributed by atoms with Crippen LogP contribution in [0.25, 0.3) is 0 Å². The van der Waals surface area contributed by atoms with E-state index in [0.717, 1.165) is 6.42 Å². The van der Waals surface area contributed by atoms with Crippen molar-refractivity contribution in [1.82, 2.24) is 0 Å². The Labute approximate surface area is 106 Å². The quantitative estimate of drug-likeness (QED) is 0.385. The molecule has 0 rings (SSSR count). The van der Waals surface area contributed by atoms with Gasteiger partial charge in [-0.2, -0.15) is 0 Å². The molecule has 0 fully saturated rings. The van der Waals surface area contributed by atoms with Gasteiger partial charge in [-0.3, -0.25) is 0 Å². The van der Waals surface area contributed by atoms with Crippen molar-refractivity contribution in [3.05, 3.63) is 12.2 Å². The van der Waals surface area contributed by atoms with E-state index in [0.29, 0.717) is 0 Å². The maximum absolute atomic E-state index is 9.45. The van der Waals surface area contributed by atoms with Gasteiger partial charge in [-0.05, 0) is 12.8 Å². The minimum absolute atomic E-state index is 0.178. The summed E-state index contributed by atoms with van der Waals surface area (Å²) in [4.78, 5) is 0. The molecule has 0 heterocycles. The summed E-state index contributed by atoms with van der Waals surface area (Å²) >= 11 is 0. The number of hydrogen-bond donors (Lipinski definition) is 3. The monoisotopic (exact) mass is 243 g/mol. The summed E-state index contributed by atoms with van der Waals surface area (Å²) in [6.07, 6.45) is 13.0. The molecule has 2 atom stereocenters. The molecule has 0 bridgehead atoms. The van der Waals surface area contributed by atoms with Crippen molar-refractivity contribution in [2.24, 2.45) is 5.73 Å². The Bertz CT molecular complexity index is 183. The van der Waals surface area contributed by atoms with Gasteiger partial charge in [-0.1, -0.05) is 57.6 Å². The molecule has 102 valence electrons. The Hall–Kier alpha value is -0.380. The van der Waals surface area contributed by atoms with E-state index in [2.05, 4.69) is 6.92 Å². The van der Waals surface area contributed by atoms with Crippen LogP contribution in [0.15, 0.2) is 12.2 Å². The molecule has 0 aliphatic heterocycles. The second-order valence-electron chi connectivity index (χ2n) is 4.68. The molecule has 0 radical (unpaired) electrons. The Morgan fingerprint density at radius 3 is 2.24 bits per heavy atom. The highest BCUT2D eigenvalue weighted by molar-refractivity contribution is 4.93. The summed E-state index contributed by atoms with van der Waals surface area (Å²) in [5.74, 6) is 0. The first-order valence-electron chi connectivity index (χ1n) is 6.93. The van der Waals surface area contributed by atoms with Crippen LogP contribution in [-0.4, -0.2) is 29.0 Å². The van der Waals surface area contributed by atoms with E-state index in [9.17, 15) is 5.11 Å². The minimum atomic E-state index is -0.718. The van der Waals surface area contributed by atoms with Crippen LogP contribution in [0.4, 0.5) is 0 Å². The average Bonchev–Trinajstić information content (AvgIpc) is 2.35. The number of nitrogens with two attached hydrogens (primary N) is 1. The molecule has 0 aromatic heterocycles. The maximum atomic E-state index is 9.45. The summed E-state index contributed by atoms with van der Waals surface area (Å²) < 4.78 is 0. The highest BCUT2D eigenvalue weighted by Gasteiger charge is 2.08. The number of unbranched alkanes of at least 4 members (excludes halogenated alkanes) is 7. The smallest absolute Gasteiger partial charge is 0.0894 e. The van der Waals surface area contributed by atoms with Crippen LogP contribution < -0.4 is 5.73 Å². The van der Waals surface area contributed by atoms with E-state index >= 15 is 0 Å². The summed E-state index contributed by atoms with van der Waals surface area (Å²) in [6.45, 7) is 2.05. The molecule has 0 aromatic rings. The predicted molar refractivity (Wildman–Crippen MR) is 72.8 cm³/mol. The number of allylic oxidation sites excluding steroid dienone is 1. The van der Waals surface area contributed by atoms with Crippen LogP contribution in [0.2, 0.25) is 0 Å². The lowest BCUT2D eigenvalue weighted by atomic mass is 10.1. The third-order valence-electron chi connectivity index (χ3n) is 2.96. The number of aliphatic hydroxyl groups is 2. The van der Waals surface area contributed by atoms with Gasteiger partial charge < -0.3 is 15.9 Å². The summed E-state index contributed by atoms with van der Waals surface area (Å²) in [7, 11) is 0. The molecular weight excluding hydrogens is 214 g/mol. The second kappa shape index (κ2) is 12.1. The number of hydrogen-bond acceptors (Lipinski definition) is 3. The van der Waals surface area contributed by atoms with Gasteiger partial charge in [0.25, 0.3) is 0 Å². The van der Waals surface area contributed by atoms with Gasteiger partial charge in [0.1, 0.15) is 0 Å². The first kappa shape index (κ1) is 16.6. The molecule has 0 aliphatic rings. The first-order valence-corrected chi connectivity index (χ1v) is 6.93. The van der Waals surface area contributed by atoms with E-state index < -0.39 is 12.1 Å². The van der Waals surface area contributed by atoms with Crippen LogP contribution in [-0.2, 0) is 0 Å². The highest BCUT2D eigenvalue weighted by atomic mass is 16.3. The summed E-state index contributed by atoms with van der Waals surface area (Å²) in [6, 6.07) is -0.555. The Morgan fingerprint density at radius 1 is 1.06 bits per heavy atom. The van der Waals surface area contributed by atoms with Gasteiger partial charge in [-0.25, -0.2) is 0 Å². The van der Waals surface area contributed by atoms with Crippen molar-refractivity contribution >= 4 is 0 Å². The molecule has 0 aromatic carbocycles. The zero-order valence-electron chi connectivity index (χ0n) is 11.1. The van der Waals surface area contributed by atoms with Crippen molar-refractivity contribution in [1.29, 1.82) is 0 Å². The topological polar surface area (TPSA) is 66.5 Å². The molecule has 0 saturated carbocycles. The lowest BCUT2D eigenvalue weighted by Crippen LogP contribution is -2.36. The van der Waals surface area contributed by atoms with E-state index in [1.807, 2.05) is 6.08 Å². The van der Waals surface area contributed by atoms with Gasteiger partial charge in [0.15, 0.2) is 0 Å². The normalized spacial score (nSPS) is 15.3. The Balaban J connectivity index is 3.30. The molecule has 0 aliphatic carbocycles. The van der Waals surface area contributed by atoms with Gasteiger partial charge in [0, 0.05) is 0 Å². The highest BCUT2D eigenvalue weighted by Crippen LogP contribution is 2.08. The van der Waals surface area contributed by atoms with Crippen molar-refractivity contribution in [3.8, 4) is 0 Å². The van der Waals surface area contributed by atoms with E-state index in [1.165, 1.54) is 44.9 Å². The molecule has 0 unspecified atom stereocenters. The molecule has 3 heteroatoms. The molecule has 0 amide bonds. The van der Waals surface area contributed by atoms with Gasteiger partial charge in [0.05, 0.1) is 18.8 Å². The van der Waals surface area contributed by atoms with Crippen LogP contribution in [0, 0.1) is 0 Å². The number of aliphatic hydroxyl groups excluding tert-OH is 2. The average molecular weight is 243 g/mol. The van der Waals surface area contributed by atoms with Crippen LogP contribution in [0.5, 0.6) is 0 Å². The predicted octanol–water partition coefficient (Wildman–Crippen LogP) is 2.36. The van der Waals surface area contributed by atoms with Crippen molar-refractivity contribution in [2.45, 2.75) is 70.4 Å². The maximum Gasteiger partial charge on any atom is 0.0894 e. The third kappa shape index (κ3) is 10.5. The van der Waals surface area contributed by atoms with Crippen molar-refractivity contribution in [2.75, 3.05) is 6.61 Å². The van der Waals surface area contributed by atoms with Crippen LogP contribution in [0.1, 0.15) is 58.3 Å². The van der Waals surface area contributed by atoms with Crippen molar-refractivity contribution < 1.29 is 10.2 Å². The van der Waals surface area contributed by atoms with E-state index in [4.69, 9.17) is 10.8 Å².